The summed E-state index contributed by atoms with van der Waals surface area (Å²) in [6, 6.07) is 4.43. The molecule has 1 amide bonds. The number of aromatic nitrogens is 2. The van der Waals surface area contributed by atoms with Gasteiger partial charge in [0, 0.05) is 56.8 Å². The maximum absolute atomic E-state index is 14.3. The highest BCUT2D eigenvalue weighted by molar-refractivity contribution is 7.80. The minimum absolute atomic E-state index is 0.0249. The van der Waals surface area contributed by atoms with E-state index in [1.54, 1.807) is 11.1 Å². The van der Waals surface area contributed by atoms with Crippen molar-refractivity contribution in [2.45, 2.75) is 77.8 Å². The van der Waals surface area contributed by atoms with E-state index < -0.39 is 17.0 Å². The summed E-state index contributed by atoms with van der Waals surface area (Å²) in [5.41, 5.74) is 0.469. The molecule has 6 rings (SSSR count). The van der Waals surface area contributed by atoms with E-state index in [9.17, 15) is 13.4 Å². The normalized spacial score (nSPS) is 24.2. The highest BCUT2D eigenvalue weighted by atomic mass is 32.2. The van der Waals surface area contributed by atoms with Gasteiger partial charge in [-0.25, -0.2) is 27.6 Å². The number of benzene rings is 1. The zero-order valence-corrected chi connectivity index (χ0v) is 27.7. The molecule has 0 bridgehead atoms. The molecule has 3 aliphatic heterocycles. The fourth-order valence-electron chi connectivity index (χ4n) is 7.33. The van der Waals surface area contributed by atoms with Crippen molar-refractivity contribution in [3.8, 4) is 11.5 Å². The molecule has 246 valence electrons. The standard InChI is InChI=1S/C33H48FN7O3S/c1-4-41(24(2)3)32(42)28-18-26(34)8-11-29(28)44-30-19-35-23-36-31(30)39-21-33(22-39)12-16-38(17-13-33)20-25-6-9-27(10-7-25)37-45(43)40-14-5-15-40/h8,11,18-19,23-25,27,37H,4-7,9-10,12-17,20-22H2,1-3H3. The average molecular weight is 642 g/mol. The van der Waals surface area contributed by atoms with Crippen molar-refractivity contribution >= 4 is 22.9 Å². The number of carbonyl (C=O) groups is 1. The first kappa shape index (κ1) is 32.3. The third-order valence-electron chi connectivity index (χ3n) is 10.2. The molecule has 1 atom stereocenters. The Morgan fingerprint density at radius 1 is 1.13 bits per heavy atom. The number of amides is 1. The molecule has 1 aromatic heterocycles. The molecular formula is C33H48FN7O3S. The van der Waals surface area contributed by atoms with Crippen LogP contribution in [0.3, 0.4) is 0 Å². The Balaban J connectivity index is 1.01. The molecule has 2 aromatic rings. The van der Waals surface area contributed by atoms with E-state index in [1.807, 2.05) is 25.1 Å². The first-order valence-corrected chi connectivity index (χ1v) is 17.8. The third kappa shape index (κ3) is 7.34. The van der Waals surface area contributed by atoms with E-state index in [2.05, 4.69) is 24.5 Å². The summed E-state index contributed by atoms with van der Waals surface area (Å²) in [7, 11) is 0. The highest BCUT2D eigenvalue weighted by Gasteiger charge is 2.46. The van der Waals surface area contributed by atoms with E-state index in [1.165, 1.54) is 37.4 Å². The van der Waals surface area contributed by atoms with Gasteiger partial charge in [-0.3, -0.25) is 4.79 Å². The molecule has 3 saturated heterocycles. The number of hydrogen-bond acceptors (Lipinski definition) is 7. The smallest absolute Gasteiger partial charge is 0.257 e. The van der Waals surface area contributed by atoms with Crippen LogP contribution >= 0.6 is 0 Å². The van der Waals surface area contributed by atoms with E-state index in [4.69, 9.17) is 4.74 Å². The van der Waals surface area contributed by atoms with Gasteiger partial charge in [0.15, 0.2) is 22.7 Å². The summed E-state index contributed by atoms with van der Waals surface area (Å²) in [5.74, 6) is 1.45. The molecule has 1 N–H and O–H groups in total. The van der Waals surface area contributed by atoms with Crippen LogP contribution in [0.1, 0.15) is 76.1 Å². The lowest BCUT2D eigenvalue weighted by atomic mass is 9.71. The van der Waals surface area contributed by atoms with E-state index in [-0.39, 0.29) is 22.9 Å². The zero-order valence-electron chi connectivity index (χ0n) is 26.9. The number of nitrogens with zero attached hydrogens (tertiary/aromatic N) is 6. The molecule has 4 heterocycles. The van der Waals surface area contributed by atoms with Crippen LogP contribution < -0.4 is 14.4 Å². The van der Waals surface area contributed by atoms with Crippen LogP contribution in [0.5, 0.6) is 11.5 Å². The van der Waals surface area contributed by atoms with Crippen molar-refractivity contribution in [2.24, 2.45) is 11.3 Å². The zero-order chi connectivity index (χ0) is 31.6. The summed E-state index contributed by atoms with van der Waals surface area (Å²) in [6.07, 6.45) is 11.3. The molecule has 1 aromatic carbocycles. The first-order chi connectivity index (χ1) is 21.7. The van der Waals surface area contributed by atoms with E-state index >= 15 is 0 Å². The second-order valence-electron chi connectivity index (χ2n) is 13.7. The third-order valence-corrected chi connectivity index (χ3v) is 11.6. The predicted molar refractivity (Wildman–Crippen MR) is 174 cm³/mol. The van der Waals surface area contributed by atoms with Gasteiger partial charge in [0.25, 0.3) is 5.91 Å². The molecule has 4 fully saturated rings. The quantitative estimate of drug-likeness (QED) is 0.383. The van der Waals surface area contributed by atoms with Crippen molar-refractivity contribution in [3.05, 3.63) is 42.1 Å². The van der Waals surface area contributed by atoms with Crippen molar-refractivity contribution in [2.75, 3.05) is 57.3 Å². The van der Waals surface area contributed by atoms with Gasteiger partial charge >= 0.3 is 0 Å². The van der Waals surface area contributed by atoms with Crippen LogP contribution in [-0.2, 0) is 11.2 Å². The van der Waals surface area contributed by atoms with Crippen LogP contribution in [0.15, 0.2) is 30.7 Å². The molecule has 45 heavy (non-hydrogen) atoms. The Morgan fingerprint density at radius 3 is 2.51 bits per heavy atom. The van der Waals surface area contributed by atoms with Gasteiger partial charge < -0.3 is 19.4 Å². The van der Waals surface area contributed by atoms with Crippen LogP contribution in [0.2, 0.25) is 0 Å². The summed E-state index contributed by atoms with van der Waals surface area (Å²) in [5, 5.41) is 0. The Morgan fingerprint density at radius 2 is 1.87 bits per heavy atom. The van der Waals surface area contributed by atoms with Gasteiger partial charge in [-0.15, -0.1) is 0 Å². The lowest BCUT2D eigenvalue weighted by molar-refractivity contribution is 0.0618. The van der Waals surface area contributed by atoms with Gasteiger partial charge in [-0.2, -0.15) is 0 Å². The maximum atomic E-state index is 14.3. The monoisotopic (exact) mass is 641 g/mol. The van der Waals surface area contributed by atoms with Gasteiger partial charge in [-0.1, -0.05) is 0 Å². The Bertz CT molecular complexity index is 1350. The van der Waals surface area contributed by atoms with Crippen molar-refractivity contribution in [3.63, 3.8) is 0 Å². The molecular weight excluding hydrogens is 593 g/mol. The number of piperidine rings is 1. The summed E-state index contributed by atoms with van der Waals surface area (Å²) in [4.78, 5) is 28.7. The van der Waals surface area contributed by atoms with Gasteiger partial charge in [0.05, 0.1) is 11.8 Å². The van der Waals surface area contributed by atoms with Gasteiger partial charge in [0.2, 0.25) is 0 Å². The van der Waals surface area contributed by atoms with Crippen molar-refractivity contribution in [1.82, 2.24) is 28.8 Å². The number of halogens is 1. The maximum Gasteiger partial charge on any atom is 0.257 e. The minimum Gasteiger partial charge on any atom is -0.451 e. The van der Waals surface area contributed by atoms with Gasteiger partial charge in [-0.05, 0) is 103 Å². The molecule has 1 aliphatic carbocycles. The topological polar surface area (TPSA) is 94.1 Å². The molecule has 1 spiro atoms. The lowest BCUT2D eigenvalue weighted by Gasteiger charge is -2.54. The number of anilines is 1. The van der Waals surface area contributed by atoms with E-state index in [0.717, 1.165) is 83.8 Å². The first-order valence-electron chi connectivity index (χ1n) is 16.7. The Hall–Kier alpha value is -2.67. The predicted octanol–water partition coefficient (Wildman–Crippen LogP) is 4.61. The second-order valence-corrected chi connectivity index (χ2v) is 14.9. The molecule has 12 heteroatoms. The summed E-state index contributed by atoms with van der Waals surface area (Å²) >= 11 is -1.01. The minimum atomic E-state index is -1.01. The summed E-state index contributed by atoms with van der Waals surface area (Å²) in [6.45, 7) is 13.4. The Labute approximate surface area is 269 Å². The summed E-state index contributed by atoms with van der Waals surface area (Å²) < 4.78 is 38.3. The van der Waals surface area contributed by atoms with Crippen LogP contribution in [-0.4, -0.2) is 98.6 Å². The van der Waals surface area contributed by atoms with Crippen LogP contribution in [0, 0.1) is 17.2 Å². The molecule has 1 saturated carbocycles. The van der Waals surface area contributed by atoms with Crippen LogP contribution in [0.25, 0.3) is 0 Å². The largest absolute Gasteiger partial charge is 0.451 e. The number of rotatable bonds is 11. The molecule has 4 aliphatic rings. The SMILES string of the molecule is CCN(C(=O)c1cc(F)ccc1Oc1cncnc1N1CC2(CCN(CC3CCC(NS(=O)N4CCC4)CC3)CC2)C1)C(C)C. The van der Waals surface area contributed by atoms with Crippen LogP contribution in [0.4, 0.5) is 10.2 Å². The van der Waals surface area contributed by atoms with Gasteiger partial charge in [0.1, 0.15) is 17.9 Å². The van der Waals surface area contributed by atoms with Crippen molar-refractivity contribution < 1.29 is 18.1 Å². The average Bonchev–Trinajstić information content (AvgIpc) is 2.98. The number of nitrogens with one attached hydrogen (secondary N) is 1. The number of likely N-dealkylation sites (tertiary alicyclic amines) is 1. The fourth-order valence-corrected chi connectivity index (χ4v) is 8.59. The second kappa shape index (κ2) is 14.0. The van der Waals surface area contributed by atoms with Crippen molar-refractivity contribution in [1.29, 1.82) is 0 Å². The highest BCUT2D eigenvalue weighted by Crippen LogP contribution is 2.45. The number of ether oxygens (including phenoxy) is 1. The fraction of sp³-hybridized carbons (Fsp3) is 0.667. The van der Waals surface area contributed by atoms with E-state index in [0.29, 0.717) is 29.9 Å². The molecule has 10 nitrogen and oxygen atoms in total. The molecule has 0 radical (unpaired) electrons. The lowest BCUT2D eigenvalue weighted by Crippen LogP contribution is -2.61. The Kier molecular flexibility index (Phi) is 10.0. The number of carbonyl (C=O) groups excluding carboxylic acids is 1. The number of hydrogen-bond donors (Lipinski definition) is 1. The molecule has 1 unspecified atom stereocenters.